The molecule has 116 valence electrons. The van der Waals surface area contributed by atoms with Crippen LogP contribution in [0.3, 0.4) is 0 Å². The quantitative estimate of drug-likeness (QED) is 0.634. The molecule has 0 aliphatic rings. The molecule has 0 aliphatic heterocycles. The van der Waals surface area contributed by atoms with Crippen molar-refractivity contribution in [2.45, 2.75) is 6.92 Å². The molecule has 0 saturated heterocycles. The Morgan fingerprint density at radius 1 is 1.26 bits per heavy atom. The van der Waals surface area contributed by atoms with Crippen LogP contribution >= 0.6 is 34.2 Å². The molecule has 1 amide bonds. The Hall–Kier alpha value is -2.00. The number of aryl methyl sites for hydroxylation is 1. The lowest BCUT2D eigenvalue weighted by Gasteiger charge is -2.10. The van der Waals surface area contributed by atoms with Gasteiger partial charge in [-0.1, -0.05) is 11.6 Å². The molecule has 8 heteroatoms. The summed E-state index contributed by atoms with van der Waals surface area (Å²) < 4.78 is 2.37. The lowest BCUT2D eigenvalue weighted by molar-refractivity contribution is 0.102. The lowest BCUT2D eigenvalue weighted by atomic mass is 10.1. The molecule has 0 atom stereocenters. The summed E-state index contributed by atoms with van der Waals surface area (Å²) in [5.41, 5.74) is 3.09. The molecular weight excluding hydrogens is 429 g/mol. The number of rotatable bonds is 3. The summed E-state index contributed by atoms with van der Waals surface area (Å²) >= 11 is 8.01. The van der Waals surface area contributed by atoms with Crippen molar-refractivity contribution in [1.29, 1.82) is 0 Å². The zero-order valence-corrected chi connectivity index (χ0v) is 14.9. The number of nitrogens with one attached hydrogen (secondary N) is 1. The van der Waals surface area contributed by atoms with Gasteiger partial charge in [0, 0.05) is 14.3 Å². The van der Waals surface area contributed by atoms with Crippen LogP contribution in [-0.2, 0) is 0 Å². The molecule has 0 saturated carbocycles. The van der Waals surface area contributed by atoms with Gasteiger partial charge in [-0.3, -0.25) is 4.79 Å². The molecule has 0 unspecified atom stereocenters. The normalized spacial score (nSPS) is 10.6. The second kappa shape index (κ2) is 6.63. The number of hydrogen-bond acceptors (Lipinski definition) is 4. The maximum absolute atomic E-state index is 12.4. The van der Waals surface area contributed by atoms with Crippen molar-refractivity contribution in [3.05, 3.63) is 62.4 Å². The van der Waals surface area contributed by atoms with Crippen LogP contribution in [0.15, 0.2) is 42.7 Å². The highest BCUT2D eigenvalue weighted by Crippen LogP contribution is 2.21. The van der Waals surface area contributed by atoms with Crippen molar-refractivity contribution < 1.29 is 4.79 Å². The van der Waals surface area contributed by atoms with Gasteiger partial charge in [-0.25, -0.2) is 4.68 Å². The van der Waals surface area contributed by atoms with E-state index in [0.29, 0.717) is 16.3 Å². The average molecular weight is 440 g/mol. The standard InChI is InChI=1S/C15H11ClIN5O/c1-9-6-11(3-5-14(9)22-8-18-20-21-22)19-15(23)12-4-2-10(16)7-13(12)17/h2-8H,1H3,(H,19,23). The minimum Gasteiger partial charge on any atom is -0.322 e. The van der Waals surface area contributed by atoms with Crippen molar-refractivity contribution in [2.75, 3.05) is 5.32 Å². The zero-order chi connectivity index (χ0) is 16.4. The number of benzene rings is 2. The maximum Gasteiger partial charge on any atom is 0.256 e. The molecule has 0 aliphatic carbocycles. The predicted molar refractivity (Wildman–Crippen MR) is 96.0 cm³/mol. The van der Waals surface area contributed by atoms with Gasteiger partial charge >= 0.3 is 0 Å². The Morgan fingerprint density at radius 3 is 2.74 bits per heavy atom. The highest BCUT2D eigenvalue weighted by molar-refractivity contribution is 14.1. The third kappa shape index (κ3) is 3.50. The summed E-state index contributed by atoms with van der Waals surface area (Å²) in [7, 11) is 0. The van der Waals surface area contributed by atoms with E-state index >= 15 is 0 Å². The fourth-order valence-corrected chi connectivity index (χ4v) is 3.25. The van der Waals surface area contributed by atoms with Crippen molar-refractivity contribution >= 4 is 45.8 Å². The highest BCUT2D eigenvalue weighted by atomic mass is 127. The Labute approximate surface area is 151 Å². The molecular formula is C15H11ClIN5O. The van der Waals surface area contributed by atoms with Crippen LogP contribution in [0.5, 0.6) is 0 Å². The molecule has 3 rings (SSSR count). The van der Waals surface area contributed by atoms with Gasteiger partial charge in [0.2, 0.25) is 0 Å². The van der Waals surface area contributed by atoms with Crippen molar-refractivity contribution in [3.63, 3.8) is 0 Å². The van der Waals surface area contributed by atoms with Crippen LogP contribution < -0.4 is 5.32 Å². The number of amides is 1. The van der Waals surface area contributed by atoms with E-state index in [-0.39, 0.29) is 5.91 Å². The van der Waals surface area contributed by atoms with Gasteiger partial charge in [0.05, 0.1) is 11.3 Å². The number of carbonyl (C=O) groups is 1. The molecule has 1 heterocycles. The fourth-order valence-electron chi connectivity index (χ4n) is 2.13. The molecule has 0 bridgehead atoms. The number of hydrogen-bond donors (Lipinski definition) is 1. The highest BCUT2D eigenvalue weighted by Gasteiger charge is 2.11. The van der Waals surface area contributed by atoms with Crippen LogP contribution in [0.4, 0.5) is 5.69 Å². The van der Waals surface area contributed by atoms with E-state index in [1.807, 2.05) is 25.1 Å². The van der Waals surface area contributed by atoms with Crippen LogP contribution in [0.25, 0.3) is 5.69 Å². The molecule has 0 radical (unpaired) electrons. The van der Waals surface area contributed by atoms with Gasteiger partial charge < -0.3 is 5.32 Å². The Kier molecular flexibility index (Phi) is 4.58. The van der Waals surface area contributed by atoms with Gasteiger partial charge in [0.1, 0.15) is 6.33 Å². The van der Waals surface area contributed by atoms with E-state index in [0.717, 1.165) is 14.8 Å². The number of anilines is 1. The summed E-state index contributed by atoms with van der Waals surface area (Å²) in [6.45, 7) is 1.93. The molecule has 23 heavy (non-hydrogen) atoms. The first-order chi connectivity index (χ1) is 11.0. The third-order valence-corrected chi connectivity index (χ3v) is 4.35. The SMILES string of the molecule is Cc1cc(NC(=O)c2ccc(Cl)cc2I)ccc1-n1cnnn1. The van der Waals surface area contributed by atoms with Crippen molar-refractivity contribution in [2.24, 2.45) is 0 Å². The largest absolute Gasteiger partial charge is 0.322 e. The smallest absolute Gasteiger partial charge is 0.256 e. The lowest BCUT2D eigenvalue weighted by Crippen LogP contribution is -2.13. The summed E-state index contributed by atoms with van der Waals surface area (Å²) in [6, 6.07) is 10.7. The fraction of sp³-hybridized carbons (Fsp3) is 0.0667. The molecule has 2 aromatic carbocycles. The predicted octanol–water partition coefficient (Wildman–Crippen LogP) is 3.48. The van der Waals surface area contributed by atoms with Crippen LogP contribution in [-0.4, -0.2) is 26.1 Å². The van der Waals surface area contributed by atoms with E-state index in [1.54, 1.807) is 22.9 Å². The molecule has 0 fully saturated rings. The van der Waals surface area contributed by atoms with Gasteiger partial charge in [0.15, 0.2) is 0 Å². The van der Waals surface area contributed by atoms with Gasteiger partial charge in [-0.15, -0.1) is 5.10 Å². The summed E-state index contributed by atoms with van der Waals surface area (Å²) in [4.78, 5) is 12.4. The van der Waals surface area contributed by atoms with E-state index < -0.39 is 0 Å². The van der Waals surface area contributed by atoms with Crippen molar-refractivity contribution in [1.82, 2.24) is 20.2 Å². The third-order valence-electron chi connectivity index (χ3n) is 3.23. The number of nitrogens with zero attached hydrogens (tertiary/aromatic N) is 4. The number of carbonyl (C=O) groups excluding carboxylic acids is 1. The number of aromatic nitrogens is 4. The summed E-state index contributed by atoms with van der Waals surface area (Å²) in [5.74, 6) is -0.180. The van der Waals surface area contributed by atoms with Gasteiger partial charge in [-0.05, 0) is 81.9 Å². The summed E-state index contributed by atoms with van der Waals surface area (Å²) in [5, 5.41) is 14.6. The van der Waals surface area contributed by atoms with E-state index in [9.17, 15) is 4.79 Å². The number of halogens is 2. The molecule has 3 aromatic rings. The minimum atomic E-state index is -0.180. The van der Waals surface area contributed by atoms with E-state index in [1.165, 1.54) is 6.33 Å². The van der Waals surface area contributed by atoms with Gasteiger partial charge in [0.25, 0.3) is 5.91 Å². The van der Waals surface area contributed by atoms with E-state index in [2.05, 4.69) is 43.4 Å². The van der Waals surface area contributed by atoms with E-state index in [4.69, 9.17) is 11.6 Å². The molecule has 1 N–H and O–H groups in total. The zero-order valence-electron chi connectivity index (χ0n) is 12.0. The van der Waals surface area contributed by atoms with Crippen LogP contribution in [0.2, 0.25) is 5.02 Å². The Balaban J connectivity index is 1.83. The average Bonchev–Trinajstić information content (AvgIpc) is 3.01. The molecule has 0 spiro atoms. The molecule has 6 nitrogen and oxygen atoms in total. The molecule has 1 aromatic heterocycles. The summed E-state index contributed by atoms with van der Waals surface area (Å²) in [6.07, 6.45) is 1.52. The Bertz CT molecular complexity index is 866. The monoisotopic (exact) mass is 439 g/mol. The van der Waals surface area contributed by atoms with Gasteiger partial charge in [-0.2, -0.15) is 0 Å². The second-order valence-corrected chi connectivity index (χ2v) is 6.43. The topological polar surface area (TPSA) is 72.7 Å². The maximum atomic E-state index is 12.4. The first-order valence-corrected chi connectivity index (χ1v) is 8.10. The first kappa shape index (κ1) is 15.9. The van der Waals surface area contributed by atoms with Crippen molar-refractivity contribution in [3.8, 4) is 5.69 Å². The second-order valence-electron chi connectivity index (χ2n) is 4.83. The first-order valence-electron chi connectivity index (χ1n) is 6.65. The minimum absolute atomic E-state index is 0.180. The number of tetrazole rings is 1. The van der Waals surface area contributed by atoms with Crippen LogP contribution in [0.1, 0.15) is 15.9 Å². The van der Waals surface area contributed by atoms with Crippen LogP contribution in [0, 0.1) is 10.5 Å². The Morgan fingerprint density at radius 2 is 2.09 bits per heavy atom.